The molecule has 0 aliphatic carbocycles. The molecule has 1 saturated heterocycles. The Kier molecular flexibility index (Phi) is 5.51. The van der Waals surface area contributed by atoms with Crippen molar-refractivity contribution in [1.82, 2.24) is 14.5 Å². The van der Waals surface area contributed by atoms with Crippen LogP contribution in [0.4, 0.5) is 6.01 Å². The van der Waals surface area contributed by atoms with Crippen LogP contribution in [0.3, 0.4) is 0 Å². The Morgan fingerprint density at radius 1 is 1.09 bits per heavy atom. The number of piperidine rings is 1. The lowest BCUT2D eigenvalue weighted by molar-refractivity contribution is 0.102. The highest BCUT2D eigenvalue weighted by Gasteiger charge is 2.28. The van der Waals surface area contributed by atoms with Crippen LogP contribution in [-0.4, -0.2) is 48.7 Å². The fourth-order valence-corrected chi connectivity index (χ4v) is 5.48. The Balaban J connectivity index is 1.27. The summed E-state index contributed by atoms with van der Waals surface area (Å²) in [5, 5.41) is 10.3. The lowest BCUT2D eigenvalue weighted by Gasteiger charge is -2.30. The lowest BCUT2D eigenvalue weighted by atomic mass is 10.0. The number of rotatable bonds is 5. The van der Waals surface area contributed by atoms with Gasteiger partial charge in [0.15, 0.2) is 11.5 Å². The number of ether oxygens (including phenoxy) is 2. The molecule has 3 heterocycles. The van der Waals surface area contributed by atoms with Crippen LogP contribution in [0.5, 0.6) is 11.5 Å². The summed E-state index contributed by atoms with van der Waals surface area (Å²) in [6.45, 7) is 3.22. The van der Waals surface area contributed by atoms with Crippen molar-refractivity contribution >= 4 is 21.9 Å². The summed E-state index contributed by atoms with van der Waals surface area (Å²) in [6.07, 6.45) is 1.87. The maximum Gasteiger partial charge on any atom is 0.322 e. The Labute approximate surface area is 190 Å². The second-order valence-corrected chi connectivity index (χ2v) is 10.0. The molecule has 0 radical (unpaired) electrons. The highest BCUT2D eigenvalue weighted by atomic mass is 32.2. The number of nitrogens with one attached hydrogen (secondary N) is 1. The van der Waals surface area contributed by atoms with Crippen LogP contribution in [0.2, 0.25) is 0 Å². The average molecular weight is 471 g/mol. The van der Waals surface area contributed by atoms with Crippen LogP contribution >= 0.6 is 0 Å². The molecule has 1 atom stereocenters. The average Bonchev–Trinajstić information content (AvgIpc) is 3.48. The van der Waals surface area contributed by atoms with Gasteiger partial charge in [-0.15, -0.1) is 5.10 Å². The van der Waals surface area contributed by atoms with Gasteiger partial charge in [0.05, 0.1) is 4.90 Å². The molecule has 0 saturated carbocycles. The highest BCUT2D eigenvalue weighted by Crippen LogP contribution is 2.35. The molecule has 11 heteroatoms. The molecule has 2 aromatic carbocycles. The summed E-state index contributed by atoms with van der Waals surface area (Å²) in [5.41, 5.74) is 0.887. The molecule has 0 bridgehead atoms. The van der Waals surface area contributed by atoms with Crippen molar-refractivity contribution in [3.05, 3.63) is 48.0 Å². The van der Waals surface area contributed by atoms with Crippen molar-refractivity contribution in [2.24, 2.45) is 5.92 Å². The van der Waals surface area contributed by atoms with E-state index in [0.717, 1.165) is 12.8 Å². The molecule has 1 unspecified atom stereocenters. The van der Waals surface area contributed by atoms with Gasteiger partial charge in [0.25, 0.3) is 5.91 Å². The zero-order valence-corrected chi connectivity index (χ0v) is 18.7. The third kappa shape index (κ3) is 4.29. The minimum atomic E-state index is -3.59. The monoisotopic (exact) mass is 470 g/mol. The molecule has 5 rings (SSSR count). The van der Waals surface area contributed by atoms with E-state index in [4.69, 9.17) is 13.9 Å². The SMILES string of the molecule is CC1CCCN(S(=O)(=O)c2ccc(C(=O)Nc3nnc(-c4ccc5c(c4)OCO5)o3)cc2)C1. The van der Waals surface area contributed by atoms with Crippen LogP contribution in [0, 0.1) is 5.92 Å². The third-order valence-corrected chi connectivity index (χ3v) is 7.52. The fourth-order valence-electron chi connectivity index (χ4n) is 3.88. The fraction of sp³-hybridized carbons (Fsp3) is 0.318. The van der Waals surface area contributed by atoms with Crippen LogP contribution in [-0.2, 0) is 10.0 Å². The largest absolute Gasteiger partial charge is 0.454 e. The van der Waals surface area contributed by atoms with Gasteiger partial charge in [-0.3, -0.25) is 10.1 Å². The van der Waals surface area contributed by atoms with E-state index in [1.165, 1.54) is 28.6 Å². The Bertz CT molecular complexity index is 1290. The van der Waals surface area contributed by atoms with Crippen molar-refractivity contribution < 1.29 is 27.1 Å². The quantitative estimate of drug-likeness (QED) is 0.603. The minimum absolute atomic E-state index is 0.0772. The molecule has 3 aromatic rings. The molecule has 2 aliphatic rings. The topological polar surface area (TPSA) is 124 Å². The van der Waals surface area contributed by atoms with Crippen molar-refractivity contribution in [3.63, 3.8) is 0 Å². The summed E-state index contributed by atoms with van der Waals surface area (Å²) < 4.78 is 43.4. The van der Waals surface area contributed by atoms with Gasteiger partial charge in [-0.2, -0.15) is 4.31 Å². The molecule has 2 aliphatic heterocycles. The third-order valence-electron chi connectivity index (χ3n) is 5.64. The van der Waals surface area contributed by atoms with E-state index >= 15 is 0 Å². The molecule has 0 spiro atoms. The van der Waals surface area contributed by atoms with Crippen molar-refractivity contribution in [3.8, 4) is 23.0 Å². The molecule has 1 fully saturated rings. The molecule has 10 nitrogen and oxygen atoms in total. The Morgan fingerprint density at radius 2 is 1.88 bits per heavy atom. The van der Waals surface area contributed by atoms with Crippen molar-refractivity contribution in [2.75, 3.05) is 25.2 Å². The summed E-state index contributed by atoms with van der Waals surface area (Å²) >= 11 is 0. The van der Waals surface area contributed by atoms with Crippen molar-refractivity contribution in [1.29, 1.82) is 0 Å². The molecule has 1 aromatic heterocycles. The van der Waals surface area contributed by atoms with Gasteiger partial charge >= 0.3 is 6.01 Å². The number of benzene rings is 2. The predicted molar refractivity (Wildman–Crippen MR) is 117 cm³/mol. The summed E-state index contributed by atoms with van der Waals surface area (Å²) in [5.74, 6) is 1.25. The van der Waals surface area contributed by atoms with Gasteiger partial charge in [0, 0.05) is 24.2 Å². The standard InChI is InChI=1S/C22H22N4O6S/c1-14-3-2-10-26(12-14)33(28,29)17-7-4-15(5-8-17)20(27)23-22-25-24-21(32-22)16-6-9-18-19(11-16)31-13-30-18/h4-9,11,14H,2-3,10,12-13H2,1H3,(H,23,25,27). The predicted octanol–water partition coefficient (Wildman–Crippen LogP) is 3.14. The summed E-state index contributed by atoms with van der Waals surface area (Å²) in [6, 6.07) is 10.9. The number of fused-ring (bicyclic) bond motifs is 1. The first kappa shape index (κ1) is 21.4. The Morgan fingerprint density at radius 3 is 2.67 bits per heavy atom. The first-order chi connectivity index (χ1) is 15.9. The van der Waals surface area contributed by atoms with E-state index in [2.05, 4.69) is 15.5 Å². The van der Waals surface area contributed by atoms with E-state index in [0.29, 0.717) is 36.1 Å². The van der Waals surface area contributed by atoms with Gasteiger partial charge in [0.1, 0.15) is 0 Å². The number of amides is 1. The minimum Gasteiger partial charge on any atom is -0.454 e. The molecular formula is C22H22N4O6S. The molecular weight excluding hydrogens is 448 g/mol. The normalized spacial score (nSPS) is 18.3. The highest BCUT2D eigenvalue weighted by molar-refractivity contribution is 7.89. The van der Waals surface area contributed by atoms with Gasteiger partial charge in [-0.05, 0) is 61.2 Å². The van der Waals surface area contributed by atoms with Gasteiger partial charge < -0.3 is 13.9 Å². The molecule has 1 amide bonds. The van der Waals surface area contributed by atoms with Crippen LogP contribution in [0.1, 0.15) is 30.1 Å². The van der Waals surface area contributed by atoms with E-state index in [1.54, 1.807) is 18.2 Å². The van der Waals surface area contributed by atoms with E-state index in [-0.39, 0.29) is 29.2 Å². The number of hydrogen-bond acceptors (Lipinski definition) is 8. The number of hydrogen-bond donors (Lipinski definition) is 1. The number of nitrogens with zero attached hydrogens (tertiary/aromatic N) is 3. The second-order valence-electron chi connectivity index (χ2n) is 8.07. The zero-order chi connectivity index (χ0) is 23.0. The van der Waals surface area contributed by atoms with Crippen LogP contribution in [0.15, 0.2) is 51.8 Å². The summed E-state index contributed by atoms with van der Waals surface area (Å²) in [4.78, 5) is 12.7. The van der Waals surface area contributed by atoms with Gasteiger partial charge in [-0.1, -0.05) is 12.0 Å². The summed E-state index contributed by atoms with van der Waals surface area (Å²) in [7, 11) is -3.59. The van der Waals surface area contributed by atoms with E-state index in [9.17, 15) is 13.2 Å². The maximum atomic E-state index is 12.9. The van der Waals surface area contributed by atoms with Gasteiger partial charge in [0.2, 0.25) is 22.7 Å². The van der Waals surface area contributed by atoms with E-state index < -0.39 is 15.9 Å². The second kappa shape index (κ2) is 8.49. The number of carbonyl (C=O) groups is 1. The number of carbonyl (C=O) groups excluding carboxylic acids is 1. The lowest BCUT2D eigenvalue weighted by Crippen LogP contribution is -2.39. The first-order valence-corrected chi connectivity index (χ1v) is 12.0. The first-order valence-electron chi connectivity index (χ1n) is 10.6. The van der Waals surface area contributed by atoms with Crippen LogP contribution in [0.25, 0.3) is 11.5 Å². The van der Waals surface area contributed by atoms with Crippen LogP contribution < -0.4 is 14.8 Å². The van der Waals surface area contributed by atoms with Crippen molar-refractivity contribution in [2.45, 2.75) is 24.7 Å². The number of anilines is 1. The molecule has 1 N–H and O–H groups in total. The molecule has 172 valence electrons. The maximum absolute atomic E-state index is 12.9. The number of sulfonamides is 1. The number of aromatic nitrogens is 2. The smallest absolute Gasteiger partial charge is 0.322 e. The Hall–Kier alpha value is -3.44. The van der Waals surface area contributed by atoms with E-state index in [1.807, 2.05) is 6.92 Å². The zero-order valence-electron chi connectivity index (χ0n) is 17.9. The molecule has 33 heavy (non-hydrogen) atoms. The van der Waals surface area contributed by atoms with Gasteiger partial charge in [-0.25, -0.2) is 8.42 Å².